The molecule has 5 aliphatic rings. The van der Waals surface area contributed by atoms with Crippen LogP contribution in [0.5, 0.6) is 0 Å². The van der Waals surface area contributed by atoms with E-state index in [9.17, 15) is 24.0 Å². The summed E-state index contributed by atoms with van der Waals surface area (Å²) in [6.45, 7) is 1.36. The monoisotopic (exact) mass is 729 g/mol. The first-order valence-corrected chi connectivity index (χ1v) is 19.5. The van der Waals surface area contributed by atoms with Crippen LogP contribution in [0.3, 0.4) is 0 Å². The highest BCUT2D eigenvalue weighted by molar-refractivity contribution is 5.95. The van der Waals surface area contributed by atoms with Gasteiger partial charge in [-0.2, -0.15) is 0 Å². The Morgan fingerprint density at radius 2 is 1.02 bits per heavy atom. The van der Waals surface area contributed by atoms with Crippen LogP contribution in [0, 0.1) is 11.8 Å². The molecule has 0 aromatic heterocycles. The molecule has 1 saturated heterocycles. The predicted octanol–water partition coefficient (Wildman–Crippen LogP) is 4.75. The highest BCUT2D eigenvalue weighted by atomic mass is 16.8. The van der Waals surface area contributed by atoms with Gasteiger partial charge in [0.2, 0.25) is 5.91 Å². The first kappa shape index (κ1) is 37.0. The number of amides is 3. The summed E-state index contributed by atoms with van der Waals surface area (Å²) in [6, 6.07) is 16.0. The van der Waals surface area contributed by atoms with Gasteiger partial charge in [-0.3, -0.25) is 24.0 Å². The summed E-state index contributed by atoms with van der Waals surface area (Å²) >= 11 is 0. The minimum absolute atomic E-state index is 0.257. The van der Waals surface area contributed by atoms with Crippen LogP contribution in [-0.4, -0.2) is 78.0 Å². The van der Waals surface area contributed by atoms with Gasteiger partial charge in [-0.25, -0.2) is 0 Å². The third kappa shape index (κ3) is 8.28. The van der Waals surface area contributed by atoms with Crippen molar-refractivity contribution >= 4 is 29.7 Å². The van der Waals surface area contributed by atoms with E-state index in [0.717, 1.165) is 44.9 Å². The van der Waals surface area contributed by atoms with Crippen LogP contribution in [0.15, 0.2) is 60.7 Å². The number of esters is 2. The van der Waals surface area contributed by atoms with Gasteiger partial charge >= 0.3 is 11.9 Å². The lowest BCUT2D eigenvalue weighted by Gasteiger charge is -2.37. The molecule has 1 heterocycles. The molecule has 3 N–H and O–H groups in total. The van der Waals surface area contributed by atoms with Crippen molar-refractivity contribution in [2.45, 2.75) is 139 Å². The number of hydrogen-bond acceptors (Lipinski definition) is 9. The van der Waals surface area contributed by atoms with Gasteiger partial charge in [0.15, 0.2) is 18.0 Å². The molecule has 12 nitrogen and oxygen atoms in total. The van der Waals surface area contributed by atoms with Crippen molar-refractivity contribution in [1.82, 2.24) is 16.0 Å². The Kier molecular flexibility index (Phi) is 11.5. The van der Waals surface area contributed by atoms with E-state index in [2.05, 4.69) is 16.0 Å². The van der Waals surface area contributed by atoms with Crippen molar-refractivity contribution in [2.24, 2.45) is 11.8 Å². The first-order valence-electron chi connectivity index (χ1n) is 19.5. The van der Waals surface area contributed by atoms with E-state index in [1.165, 1.54) is 6.92 Å². The molecule has 4 saturated carbocycles. The molecule has 2 aromatic rings. The zero-order valence-electron chi connectivity index (χ0n) is 30.3. The van der Waals surface area contributed by atoms with E-state index >= 15 is 0 Å². The average molecular weight is 730 g/mol. The third-order valence-corrected chi connectivity index (χ3v) is 11.7. The summed E-state index contributed by atoms with van der Waals surface area (Å²) in [5.41, 5.74) is 1.02. The standard InChI is InChI=1S/C41H51N3O9/c1-25(45)42-32-33(50-39(48)28-19-9-11-21-30(28)43-37(46)26-15-5-2-6-16-26)35-36(53-41(52-35)23-13-4-14-24-41)34(32)51-40(49)29-20-10-12-22-31(29)44-38(47)27-17-7-3-8-18-27/h2-3,5-8,15-18,28-36H,4,9-14,19-24H2,1H3,(H,42,45)(H,43,46)(H,44,47)/t28-,29-,30+,31+,32?,33-,34+,35-,36+/m1/s1. The molecule has 53 heavy (non-hydrogen) atoms. The summed E-state index contributed by atoms with van der Waals surface area (Å²) < 4.78 is 26.1. The summed E-state index contributed by atoms with van der Waals surface area (Å²) in [7, 11) is 0. The van der Waals surface area contributed by atoms with Crippen molar-refractivity contribution in [3.8, 4) is 0 Å². The van der Waals surface area contributed by atoms with Crippen molar-refractivity contribution in [2.75, 3.05) is 0 Å². The second-order valence-electron chi connectivity index (χ2n) is 15.3. The Balaban J connectivity index is 1.12. The van der Waals surface area contributed by atoms with E-state index in [-0.39, 0.29) is 17.7 Å². The van der Waals surface area contributed by atoms with Crippen molar-refractivity contribution in [1.29, 1.82) is 0 Å². The van der Waals surface area contributed by atoms with E-state index in [0.29, 0.717) is 49.7 Å². The fraction of sp³-hybridized carbons (Fsp3) is 0.585. The second kappa shape index (κ2) is 16.4. The highest BCUT2D eigenvalue weighted by Gasteiger charge is 2.65. The highest BCUT2D eigenvalue weighted by Crippen LogP contribution is 2.48. The predicted molar refractivity (Wildman–Crippen MR) is 192 cm³/mol. The van der Waals surface area contributed by atoms with Gasteiger partial charge in [-0.05, 0) is 62.8 Å². The molecule has 0 bridgehead atoms. The van der Waals surface area contributed by atoms with E-state index < -0.39 is 72.1 Å². The number of rotatable bonds is 9. The molecule has 1 unspecified atom stereocenters. The largest absolute Gasteiger partial charge is 0.457 e. The van der Waals surface area contributed by atoms with Crippen LogP contribution in [0.1, 0.15) is 111 Å². The molecule has 5 fully saturated rings. The molecular formula is C41H51N3O9. The number of fused-ring (bicyclic) bond motifs is 1. The molecule has 7 rings (SSSR count). The van der Waals surface area contributed by atoms with Crippen LogP contribution in [0.25, 0.3) is 0 Å². The molecule has 284 valence electrons. The SMILES string of the molecule is CC(=O)NC1[C@@H](OC(=O)[C@@H]2CCCC[C@@H]2NC(=O)c2ccccc2)[C@H]2OC3(CCCCC3)O[C@H]2[C@H]1OC(=O)[C@@H]1CCCC[C@@H]1NC(=O)c1ccccc1. The number of hydrogen-bond donors (Lipinski definition) is 3. The van der Waals surface area contributed by atoms with E-state index in [1.54, 1.807) is 48.5 Å². The summed E-state index contributed by atoms with van der Waals surface area (Å²) in [5, 5.41) is 9.04. The minimum atomic E-state index is -1.01. The number of nitrogens with one attached hydrogen (secondary N) is 3. The lowest BCUT2D eigenvalue weighted by molar-refractivity contribution is -0.223. The molecule has 2 aromatic carbocycles. The summed E-state index contributed by atoms with van der Waals surface area (Å²) in [4.78, 5) is 67.3. The molecule has 1 spiro atoms. The average Bonchev–Trinajstić information content (AvgIpc) is 3.64. The van der Waals surface area contributed by atoms with Gasteiger partial charge in [0.1, 0.15) is 18.2 Å². The fourth-order valence-corrected chi connectivity index (χ4v) is 9.06. The smallest absolute Gasteiger partial charge is 0.311 e. The van der Waals surface area contributed by atoms with Gasteiger partial charge < -0.3 is 34.9 Å². The van der Waals surface area contributed by atoms with Gasteiger partial charge in [-0.1, -0.05) is 68.5 Å². The molecule has 12 heteroatoms. The van der Waals surface area contributed by atoms with E-state index in [4.69, 9.17) is 18.9 Å². The molecule has 9 atom stereocenters. The second-order valence-corrected chi connectivity index (χ2v) is 15.3. The molecule has 0 radical (unpaired) electrons. The first-order chi connectivity index (χ1) is 25.7. The number of ether oxygens (including phenoxy) is 4. The Bertz CT molecular complexity index is 1530. The quantitative estimate of drug-likeness (QED) is 0.310. The third-order valence-electron chi connectivity index (χ3n) is 11.7. The lowest BCUT2D eigenvalue weighted by Crippen LogP contribution is -2.54. The maximum Gasteiger partial charge on any atom is 0.311 e. The van der Waals surface area contributed by atoms with Gasteiger partial charge in [-0.15, -0.1) is 0 Å². The molecule has 3 amide bonds. The lowest BCUT2D eigenvalue weighted by atomic mass is 9.84. The van der Waals surface area contributed by atoms with Crippen LogP contribution < -0.4 is 16.0 Å². The number of carbonyl (C=O) groups excluding carboxylic acids is 5. The topological polar surface area (TPSA) is 158 Å². The minimum Gasteiger partial charge on any atom is -0.457 e. The van der Waals surface area contributed by atoms with E-state index in [1.807, 2.05) is 12.1 Å². The molecule has 1 aliphatic heterocycles. The van der Waals surface area contributed by atoms with Crippen molar-refractivity contribution < 1.29 is 42.9 Å². The van der Waals surface area contributed by atoms with Crippen LogP contribution >= 0.6 is 0 Å². The zero-order valence-corrected chi connectivity index (χ0v) is 30.3. The van der Waals surface area contributed by atoms with Crippen molar-refractivity contribution in [3.05, 3.63) is 71.8 Å². The number of carbonyl (C=O) groups is 5. The van der Waals surface area contributed by atoms with Crippen LogP contribution in [0.4, 0.5) is 0 Å². The Morgan fingerprint density at radius 1 is 0.585 bits per heavy atom. The normalized spacial score (nSPS) is 31.8. The van der Waals surface area contributed by atoms with Gasteiger partial charge in [0.25, 0.3) is 11.8 Å². The van der Waals surface area contributed by atoms with Crippen molar-refractivity contribution in [3.63, 3.8) is 0 Å². The maximum absolute atomic E-state index is 14.2. The Hall–Kier alpha value is -4.29. The van der Waals surface area contributed by atoms with Gasteiger partial charge in [0, 0.05) is 43.0 Å². The van der Waals surface area contributed by atoms with Crippen LogP contribution in [-0.2, 0) is 33.3 Å². The summed E-state index contributed by atoms with van der Waals surface area (Å²) in [6.07, 6.45) is 6.16. The molecular weight excluding hydrogens is 678 g/mol. The van der Waals surface area contributed by atoms with Gasteiger partial charge in [0.05, 0.1) is 11.8 Å². The fourth-order valence-electron chi connectivity index (χ4n) is 9.06. The molecule has 4 aliphatic carbocycles. The number of benzene rings is 2. The zero-order chi connectivity index (χ0) is 37.0. The van der Waals surface area contributed by atoms with Crippen LogP contribution in [0.2, 0.25) is 0 Å². The maximum atomic E-state index is 14.2. The Morgan fingerprint density at radius 3 is 1.45 bits per heavy atom. The summed E-state index contributed by atoms with van der Waals surface area (Å²) in [5.74, 6) is -4.04. The Labute approximate surface area is 310 Å².